The molecule has 0 atom stereocenters. The lowest BCUT2D eigenvalue weighted by Gasteiger charge is -2.24. The van der Waals surface area contributed by atoms with Crippen LogP contribution in [-0.2, 0) is 0 Å². The first-order chi connectivity index (χ1) is 8.50. The van der Waals surface area contributed by atoms with Crippen LogP contribution in [0.4, 0.5) is 5.69 Å². The maximum Gasteiger partial charge on any atom is 0.335 e. The van der Waals surface area contributed by atoms with Gasteiger partial charge in [-0.15, -0.1) is 0 Å². The van der Waals surface area contributed by atoms with E-state index in [1.165, 1.54) is 31.7 Å². The Morgan fingerprint density at radius 2 is 2.11 bits per heavy atom. The van der Waals surface area contributed by atoms with E-state index < -0.39 is 5.97 Å². The third-order valence-corrected chi connectivity index (χ3v) is 4.05. The summed E-state index contributed by atoms with van der Waals surface area (Å²) in [6, 6.07) is 4.81. The van der Waals surface area contributed by atoms with Crippen LogP contribution in [-0.4, -0.2) is 17.6 Å². The summed E-state index contributed by atoms with van der Waals surface area (Å²) in [6.07, 6.45) is 5.07. The van der Waals surface area contributed by atoms with Gasteiger partial charge in [0.25, 0.3) is 0 Å². The van der Waals surface area contributed by atoms with Crippen molar-refractivity contribution in [1.29, 1.82) is 0 Å². The molecule has 1 saturated carbocycles. The van der Waals surface area contributed by atoms with Gasteiger partial charge in [0, 0.05) is 6.54 Å². The molecule has 0 heterocycles. The molecule has 1 aliphatic carbocycles. The van der Waals surface area contributed by atoms with Gasteiger partial charge in [-0.3, -0.25) is 0 Å². The molecule has 3 nitrogen and oxygen atoms in total. The summed E-state index contributed by atoms with van der Waals surface area (Å²) in [5.41, 5.74) is 1.38. The smallest absolute Gasteiger partial charge is 0.335 e. The zero-order chi connectivity index (χ0) is 13.2. The Kier molecular flexibility index (Phi) is 3.81. The van der Waals surface area contributed by atoms with Crippen LogP contribution in [0.1, 0.15) is 43.0 Å². The molecule has 1 aliphatic rings. The molecule has 18 heavy (non-hydrogen) atoms. The Bertz CT molecular complexity index is 453. The average molecular weight is 268 g/mol. The number of carboxylic acids is 1. The minimum absolute atomic E-state index is 0.220. The first-order valence-electron chi connectivity index (χ1n) is 6.27. The second kappa shape index (κ2) is 5.19. The molecule has 1 fully saturated rings. The Hall–Kier alpha value is -1.22. The van der Waals surface area contributed by atoms with Gasteiger partial charge in [-0.25, -0.2) is 4.79 Å². The van der Waals surface area contributed by atoms with Crippen LogP contribution >= 0.6 is 11.6 Å². The topological polar surface area (TPSA) is 49.3 Å². The Morgan fingerprint density at radius 1 is 1.44 bits per heavy atom. The molecule has 0 saturated heterocycles. The van der Waals surface area contributed by atoms with Crippen LogP contribution in [0.2, 0.25) is 5.02 Å². The first kappa shape index (κ1) is 13.2. The predicted molar refractivity (Wildman–Crippen MR) is 73.5 cm³/mol. The Balaban J connectivity index is 2.03. The molecular formula is C14H18ClNO2. The fraction of sp³-hybridized carbons (Fsp3) is 0.500. The SMILES string of the molecule is CC1(CNc2ccc(C(=O)O)cc2Cl)CCCC1. The first-order valence-corrected chi connectivity index (χ1v) is 6.65. The van der Waals surface area contributed by atoms with Gasteiger partial charge >= 0.3 is 5.97 Å². The summed E-state index contributed by atoms with van der Waals surface area (Å²) in [5.74, 6) is -0.953. The van der Waals surface area contributed by atoms with Crippen LogP contribution in [0.15, 0.2) is 18.2 Å². The molecular weight excluding hydrogens is 250 g/mol. The van der Waals surface area contributed by atoms with E-state index >= 15 is 0 Å². The summed E-state index contributed by atoms with van der Waals surface area (Å²) in [7, 11) is 0. The highest BCUT2D eigenvalue weighted by Gasteiger charge is 2.28. The van der Waals surface area contributed by atoms with Crippen molar-refractivity contribution in [1.82, 2.24) is 0 Å². The van der Waals surface area contributed by atoms with Crippen molar-refractivity contribution >= 4 is 23.3 Å². The van der Waals surface area contributed by atoms with E-state index in [2.05, 4.69) is 12.2 Å². The summed E-state index contributed by atoms with van der Waals surface area (Å²) in [4.78, 5) is 10.8. The van der Waals surface area contributed by atoms with Crippen LogP contribution in [0, 0.1) is 5.41 Å². The van der Waals surface area contributed by atoms with Gasteiger partial charge in [-0.2, -0.15) is 0 Å². The van der Waals surface area contributed by atoms with Crippen molar-refractivity contribution in [3.63, 3.8) is 0 Å². The zero-order valence-electron chi connectivity index (χ0n) is 10.5. The van der Waals surface area contributed by atoms with E-state index in [0.717, 1.165) is 12.2 Å². The molecule has 98 valence electrons. The molecule has 0 aliphatic heterocycles. The average Bonchev–Trinajstić information content (AvgIpc) is 2.75. The summed E-state index contributed by atoms with van der Waals surface area (Å²) >= 11 is 6.08. The van der Waals surface area contributed by atoms with Crippen LogP contribution < -0.4 is 5.32 Å². The number of hydrogen-bond donors (Lipinski definition) is 2. The van der Waals surface area contributed by atoms with Crippen molar-refractivity contribution in [2.45, 2.75) is 32.6 Å². The molecule has 0 spiro atoms. The number of anilines is 1. The van der Waals surface area contributed by atoms with Gasteiger partial charge in [0.05, 0.1) is 16.3 Å². The van der Waals surface area contributed by atoms with Gasteiger partial charge in [0.1, 0.15) is 0 Å². The quantitative estimate of drug-likeness (QED) is 0.866. The molecule has 0 unspecified atom stereocenters. The fourth-order valence-corrected chi connectivity index (χ4v) is 2.75. The molecule has 0 aromatic heterocycles. The maximum absolute atomic E-state index is 10.8. The predicted octanol–water partition coefficient (Wildman–Crippen LogP) is 4.03. The number of halogens is 1. The van der Waals surface area contributed by atoms with E-state index in [4.69, 9.17) is 16.7 Å². The molecule has 2 rings (SSSR count). The number of benzene rings is 1. The molecule has 1 aromatic carbocycles. The molecule has 1 aromatic rings. The third-order valence-electron chi connectivity index (χ3n) is 3.73. The van der Waals surface area contributed by atoms with Crippen molar-refractivity contribution in [2.24, 2.45) is 5.41 Å². The number of nitrogens with one attached hydrogen (secondary N) is 1. The second-order valence-electron chi connectivity index (χ2n) is 5.37. The largest absolute Gasteiger partial charge is 0.478 e. The minimum atomic E-state index is -0.953. The summed E-state index contributed by atoms with van der Waals surface area (Å²) in [6.45, 7) is 3.17. The van der Waals surface area contributed by atoms with Crippen molar-refractivity contribution in [3.8, 4) is 0 Å². The minimum Gasteiger partial charge on any atom is -0.478 e. The zero-order valence-corrected chi connectivity index (χ0v) is 11.3. The standard InChI is InChI=1S/C14H18ClNO2/c1-14(6-2-3-7-14)9-16-12-5-4-10(13(17)18)8-11(12)15/h4-5,8,16H,2-3,6-7,9H2,1H3,(H,17,18). The van der Waals surface area contributed by atoms with Gasteiger partial charge in [-0.05, 0) is 36.5 Å². The van der Waals surface area contributed by atoms with Crippen LogP contribution in [0.25, 0.3) is 0 Å². The summed E-state index contributed by atoms with van der Waals surface area (Å²) in [5, 5.41) is 12.7. The van der Waals surface area contributed by atoms with E-state index in [1.54, 1.807) is 12.1 Å². The number of carboxylic acid groups (broad SMARTS) is 1. The highest BCUT2D eigenvalue weighted by atomic mass is 35.5. The van der Waals surface area contributed by atoms with Crippen LogP contribution in [0.3, 0.4) is 0 Å². The highest BCUT2D eigenvalue weighted by Crippen LogP contribution is 2.38. The second-order valence-corrected chi connectivity index (χ2v) is 5.78. The highest BCUT2D eigenvalue weighted by molar-refractivity contribution is 6.33. The lowest BCUT2D eigenvalue weighted by atomic mass is 9.89. The maximum atomic E-state index is 10.8. The number of aromatic carboxylic acids is 1. The van der Waals surface area contributed by atoms with Crippen molar-refractivity contribution in [3.05, 3.63) is 28.8 Å². The number of carbonyl (C=O) groups is 1. The van der Waals surface area contributed by atoms with E-state index in [1.807, 2.05) is 0 Å². The monoisotopic (exact) mass is 267 g/mol. The van der Waals surface area contributed by atoms with E-state index in [0.29, 0.717) is 10.4 Å². The molecule has 4 heteroatoms. The fourth-order valence-electron chi connectivity index (χ4n) is 2.51. The lowest BCUT2D eigenvalue weighted by molar-refractivity contribution is 0.0697. The van der Waals surface area contributed by atoms with Gasteiger partial charge in [0.2, 0.25) is 0 Å². The summed E-state index contributed by atoms with van der Waals surface area (Å²) < 4.78 is 0. The van der Waals surface area contributed by atoms with E-state index in [9.17, 15) is 4.79 Å². The molecule has 2 N–H and O–H groups in total. The Morgan fingerprint density at radius 3 is 2.67 bits per heavy atom. The van der Waals surface area contributed by atoms with Gasteiger partial charge in [-0.1, -0.05) is 31.4 Å². The van der Waals surface area contributed by atoms with E-state index in [-0.39, 0.29) is 5.56 Å². The van der Waals surface area contributed by atoms with Crippen molar-refractivity contribution < 1.29 is 9.90 Å². The number of hydrogen-bond acceptors (Lipinski definition) is 2. The third kappa shape index (κ3) is 2.96. The van der Waals surface area contributed by atoms with Gasteiger partial charge in [0.15, 0.2) is 0 Å². The van der Waals surface area contributed by atoms with Crippen molar-refractivity contribution in [2.75, 3.05) is 11.9 Å². The molecule has 0 amide bonds. The number of rotatable bonds is 4. The molecule has 0 radical (unpaired) electrons. The Labute approximate surface area is 112 Å². The van der Waals surface area contributed by atoms with Gasteiger partial charge < -0.3 is 10.4 Å². The normalized spacial score (nSPS) is 17.7. The lowest BCUT2D eigenvalue weighted by Crippen LogP contribution is -2.23. The molecule has 0 bridgehead atoms. The van der Waals surface area contributed by atoms with Crippen LogP contribution in [0.5, 0.6) is 0 Å².